The molecule has 1 unspecified atom stereocenters. The normalized spacial score (nSPS) is 14.5. The summed E-state index contributed by atoms with van der Waals surface area (Å²) < 4.78 is 0. The Kier molecular flexibility index (Phi) is 4.81. The van der Waals surface area contributed by atoms with Crippen molar-refractivity contribution in [3.05, 3.63) is 26.6 Å². The highest BCUT2D eigenvalue weighted by molar-refractivity contribution is 7.18. The first-order valence-electron chi connectivity index (χ1n) is 7.26. The van der Waals surface area contributed by atoms with Gasteiger partial charge in [0.05, 0.1) is 17.5 Å². The quantitative estimate of drug-likeness (QED) is 0.765. The van der Waals surface area contributed by atoms with Crippen molar-refractivity contribution in [3.63, 3.8) is 0 Å². The van der Waals surface area contributed by atoms with Crippen LogP contribution < -0.4 is 10.9 Å². The third-order valence-electron chi connectivity index (χ3n) is 3.67. The molecule has 2 heterocycles. The van der Waals surface area contributed by atoms with Crippen LogP contribution in [0.25, 0.3) is 10.2 Å². The SMILES string of the molecule is CCCC(C)(O)CNCc1nc2sc(C)c(C)c2c(=O)[nH]1. The second kappa shape index (κ2) is 6.25. The lowest BCUT2D eigenvalue weighted by molar-refractivity contribution is 0.0496. The first-order valence-corrected chi connectivity index (χ1v) is 8.07. The van der Waals surface area contributed by atoms with Gasteiger partial charge in [-0.3, -0.25) is 4.79 Å². The van der Waals surface area contributed by atoms with E-state index in [9.17, 15) is 9.90 Å². The van der Waals surface area contributed by atoms with Gasteiger partial charge in [0, 0.05) is 11.4 Å². The van der Waals surface area contributed by atoms with Gasteiger partial charge in [0.15, 0.2) is 0 Å². The predicted molar refractivity (Wildman–Crippen MR) is 87.0 cm³/mol. The molecule has 0 saturated heterocycles. The topological polar surface area (TPSA) is 78.0 Å². The Balaban J connectivity index is 2.12. The molecule has 0 aliphatic carbocycles. The average molecular weight is 309 g/mol. The van der Waals surface area contributed by atoms with E-state index >= 15 is 0 Å². The van der Waals surface area contributed by atoms with E-state index in [2.05, 4.69) is 15.3 Å². The van der Waals surface area contributed by atoms with Crippen LogP contribution in [-0.4, -0.2) is 27.2 Å². The van der Waals surface area contributed by atoms with Crippen molar-refractivity contribution < 1.29 is 5.11 Å². The fraction of sp³-hybridized carbons (Fsp3) is 0.600. The smallest absolute Gasteiger partial charge is 0.259 e. The van der Waals surface area contributed by atoms with Gasteiger partial charge in [0.25, 0.3) is 5.56 Å². The lowest BCUT2D eigenvalue weighted by Crippen LogP contribution is -2.37. The van der Waals surface area contributed by atoms with Crippen LogP contribution in [0.3, 0.4) is 0 Å². The largest absolute Gasteiger partial charge is 0.389 e. The molecule has 0 amide bonds. The van der Waals surface area contributed by atoms with Crippen molar-refractivity contribution in [3.8, 4) is 0 Å². The van der Waals surface area contributed by atoms with E-state index < -0.39 is 5.60 Å². The molecule has 3 N–H and O–H groups in total. The van der Waals surface area contributed by atoms with Crippen molar-refractivity contribution in [1.82, 2.24) is 15.3 Å². The van der Waals surface area contributed by atoms with Gasteiger partial charge < -0.3 is 15.4 Å². The number of aliphatic hydroxyl groups is 1. The van der Waals surface area contributed by atoms with Gasteiger partial charge in [-0.15, -0.1) is 11.3 Å². The average Bonchev–Trinajstić information content (AvgIpc) is 2.65. The molecule has 0 saturated carbocycles. The van der Waals surface area contributed by atoms with Crippen LogP contribution in [0.4, 0.5) is 0 Å². The van der Waals surface area contributed by atoms with Crippen molar-refractivity contribution in [2.75, 3.05) is 6.54 Å². The number of rotatable bonds is 6. The third kappa shape index (κ3) is 3.70. The molecule has 5 nitrogen and oxygen atoms in total. The Morgan fingerprint density at radius 2 is 2.14 bits per heavy atom. The lowest BCUT2D eigenvalue weighted by atomic mass is 10.0. The minimum atomic E-state index is -0.727. The summed E-state index contributed by atoms with van der Waals surface area (Å²) >= 11 is 1.55. The fourth-order valence-corrected chi connectivity index (χ4v) is 3.51. The molecule has 116 valence electrons. The van der Waals surface area contributed by atoms with E-state index in [1.54, 1.807) is 11.3 Å². The van der Waals surface area contributed by atoms with Crippen LogP contribution in [-0.2, 0) is 6.54 Å². The van der Waals surface area contributed by atoms with Crippen molar-refractivity contribution in [2.45, 2.75) is 52.7 Å². The molecule has 0 spiro atoms. The number of nitrogens with zero attached hydrogens (tertiary/aromatic N) is 1. The molecule has 2 aromatic rings. The molecule has 0 aliphatic heterocycles. The Labute approximate surface area is 128 Å². The monoisotopic (exact) mass is 309 g/mol. The van der Waals surface area contributed by atoms with Gasteiger partial charge >= 0.3 is 0 Å². The number of aromatic nitrogens is 2. The Bertz CT molecular complexity index is 688. The Hall–Kier alpha value is -1.24. The molecule has 0 bridgehead atoms. The highest BCUT2D eigenvalue weighted by atomic mass is 32.1. The minimum absolute atomic E-state index is 0.0843. The molecule has 0 aromatic carbocycles. The van der Waals surface area contributed by atoms with Crippen LogP contribution in [0, 0.1) is 13.8 Å². The number of aromatic amines is 1. The zero-order valence-corrected chi connectivity index (χ0v) is 13.9. The summed E-state index contributed by atoms with van der Waals surface area (Å²) in [5.41, 5.74) is 0.197. The van der Waals surface area contributed by atoms with E-state index in [4.69, 9.17) is 0 Å². The number of nitrogens with one attached hydrogen (secondary N) is 2. The minimum Gasteiger partial charge on any atom is -0.389 e. The van der Waals surface area contributed by atoms with Gasteiger partial charge in [-0.05, 0) is 32.8 Å². The second-order valence-corrected chi connectivity index (χ2v) is 7.03. The molecule has 0 radical (unpaired) electrons. The van der Waals surface area contributed by atoms with E-state index in [-0.39, 0.29) is 5.56 Å². The summed E-state index contributed by atoms with van der Waals surface area (Å²) in [5, 5.41) is 14.0. The van der Waals surface area contributed by atoms with Gasteiger partial charge in [0.1, 0.15) is 10.7 Å². The fourth-order valence-electron chi connectivity index (χ4n) is 2.46. The first kappa shape index (κ1) is 16.1. The predicted octanol–water partition coefficient (Wildman–Crippen LogP) is 2.24. The van der Waals surface area contributed by atoms with Gasteiger partial charge in [-0.2, -0.15) is 0 Å². The Morgan fingerprint density at radius 1 is 1.43 bits per heavy atom. The van der Waals surface area contributed by atoms with E-state index in [1.165, 1.54) is 0 Å². The lowest BCUT2D eigenvalue weighted by Gasteiger charge is -2.22. The number of fused-ring (bicyclic) bond motifs is 1. The Morgan fingerprint density at radius 3 is 2.81 bits per heavy atom. The second-order valence-electron chi connectivity index (χ2n) is 5.83. The van der Waals surface area contributed by atoms with Crippen LogP contribution in [0.2, 0.25) is 0 Å². The van der Waals surface area contributed by atoms with Crippen molar-refractivity contribution >= 4 is 21.6 Å². The van der Waals surface area contributed by atoms with Crippen LogP contribution in [0.15, 0.2) is 4.79 Å². The summed E-state index contributed by atoms with van der Waals surface area (Å²) in [6.07, 6.45) is 1.68. The first-order chi connectivity index (χ1) is 9.84. The highest BCUT2D eigenvalue weighted by Crippen LogP contribution is 2.25. The maximum atomic E-state index is 12.1. The van der Waals surface area contributed by atoms with E-state index in [1.807, 2.05) is 27.7 Å². The zero-order chi connectivity index (χ0) is 15.6. The summed E-state index contributed by atoms with van der Waals surface area (Å²) in [4.78, 5) is 21.4. The molecule has 0 aliphatic rings. The molecule has 6 heteroatoms. The summed E-state index contributed by atoms with van der Waals surface area (Å²) in [7, 11) is 0. The van der Waals surface area contributed by atoms with Crippen LogP contribution in [0.5, 0.6) is 0 Å². The van der Waals surface area contributed by atoms with E-state index in [0.29, 0.717) is 24.3 Å². The molecule has 2 rings (SSSR count). The number of H-pyrrole nitrogens is 1. The summed E-state index contributed by atoms with van der Waals surface area (Å²) in [6.45, 7) is 8.73. The van der Waals surface area contributed by atoms with E-state index in [0.717, 1.165) is 28.1 Å². The number of hydrogen-bond donors (Lipinski definition) is 3. The van der Waals surface area contributed by atoms with Crippen molar-refractivity contribution in [1.29, 1.82) is 0 Å². The zero-order valence-electron chi connectivity index (χ0n) is 13.0. The maximum Gasteiger partial charge on any atom is 0.259 e. The molecule has 21 heavy (non-hydrogen) atoms. The standard InChI is InChI=1S/C15H23N3O2S/c1-5-6-15(4,20)8-16-7-11-17-13(19)12-9(2)10(3)21-14(12)18-11/h16,20H,5-8H2,1-4H3,(H,17,18,19). The molecule has 1 atom stereocenters. The molecular weight excluding hydrogens is 286 g/mol. The van der Waals surface area contributed by atoms with Gasteiger partial charge in [0.2, 0.25) is 0 Å². The van der Waals surface area contributed by atoms with Gasteiger partial charge in [-0.25, -0.2) is 4.98 Å². The maximum absolute atomic E-state index is 12.1. The summed E-state index contributed by atoms with van der Waals surface area (Å²) in [5.74, 6) is 0.612. The highest BCUT2D eigenvalue weighted by Gasteiger charge is 2.18. The number of aryl methyl sites for hydroxylation is 2. The third-order valence-corrected chi connectivity index (χ3v) is 4.78. The van der Waals surface area contributed by atoms with Gasteiger partial charge in [-0.1, -0.05) is 13.3 Å². The molecular formula is C15H23N3O2S. The van der Waals surface area contributed by atoms with Crippen molar-refractivity contribution in [2.24, 2.45) is 0 Å². The molecule has 0 fully saturated rings. The summed E-state index contributed by atoms with van der Waals surface area (Å²) in [6, 6.07) is 0. The van der Waals surface area contributed by atoms with Crippen LogP contribution in [0.1, 0.15) is 43.0 Å². The number of thiophene rings is 1. The number of hydrogen-bond acceptors (Lipinski definition) is 5. The van der Waals surface area contributed by atoms with Crippen LogP contribution >= 0.6 is 11.3 Å². The molecule has 2 aromatic heterocycles.